The molecule has 2 unspecified atom stereocenters. The zero-order valence-corrected chi connectivity index (χ0v) is 11.5. The van der Waals surface area contributed by atoms with Gasteiger partial charge in [-0.1, -0.05) is 11.6 Å². The molecule has 0 spiro atoms. The highest BCUT2D eigenvalue weighted by Gasteiger charge is 2.29. The van der Waals surface area contributed by atoms with Gasteiger partial charge in [0.25, 0.3) is 0 Å². The Morgan fingerprint density at radius 2 is 2.17 bits per heavy atom. The molecule has 102 valence electrons. The summed E-state index contributed by atoms with van der Waals surface area (Å²) in [5, 5.41) is 13.4. The molecule has 0 saturated carbocycles. The number of rotatable bonds is 4. The Balaban J connectivity index is 2.10. The monoisotopic (exact) mass is 253 g/mol. The average Bonchev–Trinajstić information content (AvgIpc) is 2.76. The molecule has 0 aliphatic carbocycles. The second-order valence-corrected chi connectivity index (χ2v) is 5.44. The summed E-state index contributed by atoms with van der Waals surface area (Å²) in [6.07, 6.45) is 3.54. The fourth-order valence-corrected chi connectivity index (χ4v) is 2.59. The third-order valence-electron chi connectivity index (χ3n) is 3.46. The molecule has 18 heavy (non-hydrogen) atoms. The van der Waals surface area contributed by atoms with Gasteiger partial charge in [0, 0.05) is 6.04 Å². The maximum atomic E-state index is 9.33. The van der Waals surface area contributed by atoms with Gasteiger partial charge in [-0.15, -0.1) is 0 Å². The topological polar surface area (TPSA) is 62.4 Å². The first-order valence-electron chi connectivity index (χ1n) is 6.84. The van der Waals surface area contributed by atoms with Gasteiger partial charge < -0.3 is 9.63 Å². The number of piperidine rings is 1. The zero-order chi connectivity index (χ0) is 13.1. The molecule has 1 saturated heterocycles. The number of likely N-dealkylation sites (tertiary alicyclic amines) is 1. The smallest absolute Gasteiger partial charge is 0.229 e. The van der Waals surface area contributed by atoms with E-state index >= 15 is 0 Å². The van der Waals surface area contributed by atoms with Crippen LogP contribution in [-0.2, 0) is 6.42 Å². The summed E-state index contributed by atoms with van der Waals surface area (Å²) in [5.41, 5.74) is 0. The molecule has 2 atom stereocenters. The first kappa shape index (κ1) is 13.5. The first-order chi connectivity index (χ1) is 8.58. The third kappa shape index (κ3) is 3.09. The van der Waals surface area contributed by atoms with E-state index in [1.165, 1.54) is 12.8 Å². The Morgan fingerprint density at radius 1 is 1.39 bits per heavy atom. The summed E-state index contributed by atoms with van der Waals surface area (Å²) < 4.78 is 5.21. The summed E-state index contributed by atoms with van der Waals surface area (Å²) in [6, 6.07) is 0.763. The summed E-state index contributed by atoms with van der Waals surface area (Å²) in [5.74, 6) is 1.31. The molecule has 1 aliphatic rings. The molecule has 5 heteroatoms. The van der Waals surface area contributed by atoms with Gasteiger partial charge >= 0.3 is 0 Å². The number of aromatic nitrogens is 2. The second-order valence-electron chi connectivity index (χ2n) is 5.44. The predicted molar refractivity (Wildman–Crippen MR) is 68.1 cm³/mol. The number of aliphatic hydroxyl groups is 1. The van der Waals surface area contributed by atoms with Gasteiger partial charge in [-0.25, -0.2) is 0 Å². The molecular formula is C13H23N3O2. The van der Waals surface area contributed by atoms with E-state index in [0.29, 0.717) is 18.4 Å². The number of aliphatic hydroxyl groups excluding tert-OH is 1. The molecule has 1 aromatic rings. The van der Waals surface area contributed by atoms with E-state index in [2.05, 4.69) is 28.9 Å². The molecule has 0 radical (unpaired) electrons. The number of hydrogen-bond donors (Lipinski definition) is 1. The SMILES string of the molecule is CC(O)Cc1nc(C2CCCCN2C(C)C)no1. The van der Waals surface area contributed by atoms with E-state index in [1.807, 2.05) is 0 Å². The maximum absolute atomic E-state index is 9.33. The molecule has 1 aromatic heterocycles. The highest BCUT2D eigenvalue weighted by Crippen LogP contribution is 2.30. The average molecular weight is 253 g/mol. The van der Waals surface area contributed by atoms with Crippen LogP contribution < -0.4 is 0 Å². The Bertz CT molecular complexity index is 376. The summed E-state index contributed by atoms with van der Waals surface area (Å²) in [4.78, 5) is 6.86. The van der Waals surface area contributed by atoms with Crippen molar-refractivity contribution in [2.24, 2.45) is 0 Å². The highest BCUT2D eigenvalue weighted by molar-refractivity contribution is 4.98. The van der Waals surface area contributed by atoms with Crippen LogP contribution in [0.25, 0.3) is 0 Å². The molecule has 1 aliphatic heterocycles. The minimum absolute atomic E-state index is 0.269. The molecule has 0 amide bonds. The molecule has 1 N–H and O–H groups in total. The Hall–Kier alpha value is -0.940. The van der Waals surface area contributed by atoms with Crippen LogP contribution in [0.4, 0.5) is 0 Å². The van der Waals surface area contributed by atoms with Gasteiger partial charge in [-0.3, -0.25) is 4.90 Å². The van der Waals surface area contributed by atoms with Crippen LogP contribution >= 0.6 is 0 Å². The highest BCUT2D eigenvalue weighted by atomic mass is 16.5. The van der Waals surface area contributed by atoms with E-state index in [1.54, 1.807) is 6.92 Å². The van der Waals surface area contributed by atoms with Gasteiger partial charge in [0.1, 0.15) is 0 Å². The fraction of sp³-hybridized carbons (Fsp3) is 0.846. The lowest BCUT2D eigenvalue weighted by Crippen LogP contribution is -2.39. The molecule has 5 nitrogen and oxygen atoms in total. The zero-order valence-electron chi connectivity index (χ0n) is 11.5. The minimum Gasteiger partial charge on any atom is -0.393 e. The van der Waals surface area contributed by atoms with E-state index in [4.69, 9.17) is 4.52 Å². The molecule has 2 rings (SSSR count). The Labute approximate surface area is 108 Å². The normalized spacial score (nSPS) is 23.5. The lowest BCUT2D eigenvalue weighted by molar-refractivity contribution is 0.104. The molecule has 2 heterocycles. The quantitative estimate of drug-likeness (QED) is 0.888. The van der Waals surface area contributed by atoms with Crippen molar-refractivity contribution in [3.63, 3.8) is 0 Å². The summed E-state index contributed by atoms with van der Waals surface area (Å²) in [6.45, 7) is 7.23. The van der Waals surface area contributed by atoms with Gasteiger partial charge in [0.15, 0.2) is 5.82 Å². The summed E-state index contributed by atoms with van der Waals surface area (Å²) >= 11 is 0. The maximum Gasteiger partial charge on any atom is 0.229 e. The molecule has 0 bridgehead atoms. The van der Waals surface area contributed by atoms with Gasteiger partial charge in [0.2, 0.25) is 5.89 Å². The van der Waals surface area contributed by atoms with Crippen LogP contribution in [0.5, 0.6) is 0 Å². The standard InChI is InChI=1S/C13H23N3O2/c1-9(2)16-7-5-4-6-11(16)13-14-12(18-15-13)8-10(3)17/h9-11,17H,4-8H2,1-3H3. The van der Waals surface area contributed by atoms with E-state index in [-0.39, 0.29) is 6.04 Å². The predicted octanol–water partition coefficient (Wildman–Crippen LogP) is 1.93. The van der Waals surface area contributed by atoms with Crippen LogP contribution in [0.15, 0.2) is 4.52 Å². The lowest BCUT2D eigenvalue weighted by Gasteiger charge is -2.36. The minimum atomic E-state index is -0.439. The van der Waals surface area contributed by atoms with Gasteiger partial charge in [-0.2, -0.15) is 4.98 Å². The van der Waals surface area contributed by atoms with Crippen LogP contribution in [0, 0.1) is 0 Å². The lowest BCUT2D eigenvalue weighted by atomic mass is 10.00. The number of nitrogens with zero attached hydrogens (tertiary/aromatic N) is 3. The third-order valence-corrected chi connectivity index (χ3v) is 3.46. The van der Waals surface area contributed by atoms with Gasteiger partial charge in [-0.05, 0) is 40.2 Å². The van der Waals surface area contributed by atoms with Crippen molar-refractivity contribution in [2.75, 3.05) is 6.54 Å². The van der Waals surface area contributed by atoms with Crippen molar-refractivity contribution >= 4 is 0 Å². The van der Waals surface area contributed by atoms with Crippen molar-refractivity contribution in [1.82, 2.24) is 15.0 Å². The van der Waals surface area contributed by atoms with Crippen molar-refractivity contribution in [3.8, 4) is 0 Å². The van der Waals surface area contributed by atoms with Crippen molar-refractivity contribution in [3.05, 3.63) is 11.7 Å². The van der Waals surface area contributed by atoms with Crippen LogP contribution in [0.3, 0.4) is 0 Å². The molecule has 1 fully saturated rings. The Kier molecular flexibility index (Phi) is 4.35. The van der Waals surface area contributed by atoms with Gasteiger partial charge in [0.05, 0.1) is 18.6 Å². The van der Waals surface area contributed by atoms with E-state index < -0.39 is 6.10 Å². The molecule has 0 aromatic carbocycles. The van der Waals surface area contributed by atoms with Crippen LogP contribution in [0.2, 0.25) is 0 Å². The Morgan fingerprint density at radius 3 is 2.83 bits per heavy atom. The number of hydrogen-bond acceptors (Lipinski definition) is 5. The molecular weight excluding hydrogens is 230 g/mol. The second kappa shape index (κ2) is 5.80. The summed E-state index contributed by atoms with van der Waals surface area (Å²) in [7, 11) is 0. The fourth-order valence-electron chi connectivity index (χ4n) is 2.59. The largest absolute Gasteiger partial charge is 0.393 e. The van der Waals surface area contributed by atoms with Crippen LogP contribution in [0.1, 0.15) is 57.8 Å². The van der Waals surface area contributed by atoms with E-state index in [9.17, 15) is 5.11 Å². The van der Waals surface area contributed by atoms with Crippen molar-refractivity contribution in [1.29, 1.82) is 0 Å². The van der Waals surface area contributed by atoms with Crippen molar-refractivity contribution in [2.45, 2.75) is 64.6 Å². The van der Waals surface area contributed by atoms with E-state index in [0.717, 1.165) is 18.8 Å². The first-order valence-corrected chi connectivity index (χ1v) is 6.84. The van der Waals surface area contributed by atoms with Crippen LogP contribution in [-0.4, -0.2) is 38.8 Å². The van der Waals surface area contributed by atoms with Crippen molar-refractivity contribution < 1.29 is 9.63 Å².